The Kier molecular flexibility index (Phi) is 8.76. The van der Waals surface area contributed by atoms with Gasteiger partial charge in [0.25, 0.3) is 0 Å². The van der Waals surface area contributed by atoms with Crippen LogP contribution in [0.5, 0.6) is 0 Å². The van der Waals surface area contributed by atoms with Crippen molar-refractivity contribution in [3.8, 4) is 11.1 Å². The number of rotatable bonds is 9. The van der Waals surface area contributed by atoms with E-state index in [9.17, 15) is 0 Å². The Bertz CT molecular complexity index is 2450. The summed E-state index contributed by atoms with van der Waals surface area (Å²) in [6.07, 6.45) is 9.74. The van der Waals surface area contributed by atoms with Gasteiger partial charge in [-0.15, -0.1) is 0 Å². The van der Waals surface area contributed by atoms with Crippen molar-refractivity contribution in [1.82, 2.24) is 9.97 Å². The molecule has 0 bridgehead atoms. The van der Waals surface area contributed by atoms with Gasteiger partial charge in [-0.25, -0.2) is 4.98 Å². The summed E-state index contributed by atoms with van der Waals surface area (Å²) in [5.74, 6) is 0.785. The summed E-state index contributed by atoms with van der Waals surface area (Å²) < 4.78 is 0. The van der Waals surface area contributed by atoms with E-state index < -0.39 is 5.41 Å². The van der Waals surface area contributed by atoms with Crippen LogP contribution >= 0.6 is 0 Å². The third-order valence-electron chi connectivity index (χ3n) is 11.2. The molecule has 0 unspecified atom stereocenters. The van der Waals surface area contributed by atoms with Crippen molar-refractivity contribution in [2.45, 2.75) is 24.7 Å². The first-order valence-corrected chi connectivity index (χ1v) is 18.9. The van der Waals surface area contributed by atoms with E-state index in [4.69, 9.17) is 0 Å². The number of aromatic nitrogens is 2. The van der Waals surface area contributed by atoms with Crippen LogP contribution in [0.25, 0.3) is 23.3 Å². The van der Waals surface area contributed by atoms with E-state index in [2.05, 4.69) is 217 Å². The van der Waals surface area contributed by atoms with E-state index in [0.717, 1.165) is 22.8 Å². The maximum absolute atomic E-state index is 4.67. The average molecular weight is 708 g/mol. The van der Waals surface area contributed by atoms with Crippen molar-refractivity contribution in [3.05, 3.63) is 245 Å². The minimum absolute atomic E-state index is 0.188. The molecule has 0 N–H and O–H groups in total. The second-order valence-electron chi connectivity index (χ2n) is 14.7. The second-order valence-corrected chi connectivity index (χ2v) is 14.7. The Morgan fingerprint density at radius 3 is 1.53 bits per heavy atom. The molecular formula is C52H41N3. The fourth-order valence-corrected chi connectivity index (χ4v) is 8.48. The average Bonchev–Trinajstić information content (AvgIpc) is 3.47. The molecule has 8 aromatic rings. The highest BCUT2D eigenvalue weighted by atomic mass is 15.2. The van der Waals surface area contributed by atoms with E-state index in [1.165, 1.54) is 50.1 Å². The van der Waals surface area contributed by atoms with Crippen molar-refractivity contribution in [2.75, 3.05) is 4.90 Å². The summed E-state index contributed by atoms with van der Waals surface area (Å²) >= 11 is 0. The van der Waals surface area contributed by atoms with Crippen LogP contribution in [0.4, 0.5) is 17.2 Å². The third kappa shape index (κ3) is 6.04. The second kappa shape index (κ2) is 14.2. The van der Waals surface area contributed by atoms with Crippen LogP contribution in [-0.4, -0.2) is 9.97 Å². The molecule has 0 radical (unpaired) electrons. The molecule has 1 aliphatic rings. The van der Waals surface area contributed by atoms with Gasteiger partial charge in [0.1, 0.15) is 0 Å². The maximum atomic E-state index is 4.67. The molecule has 1 aliphatic carbocycles. The molecule has 0 atom stereocenters. The van der Waals surface area contributed by atoms with E-state index in [0.29, 0.717) is 0 Å². The van der Waals surface area contributed by atoms with Gasteiger partial charge in [-0.05, 0) is 79.9 Å². The Hall–Kier alpha value is -6.84. The zero-order chi connectivity index (χ0) is 37.2. The quantitative estimate of drug-likeness (QED) is 0.110. The monoisotopic (exact) mass is 707 g/mol. The van der Waals surface area contributed by atoms with Crippen LogP contribution in [0.3, 0.4) is 0 Å². The SMILES string of the molecule is CC1(C)c2cc(C=Cc3ccc(C(c4ccccc4)(c4ccccc4)c4ccccc4)cc3)ccc2-c2ccc(N(c3ccccc3)c3cnccn3)cc21. The Morgan fingerprint density at radius 1 is 0.473 bits per heavy atom. The van der Waals surface area contributed by atoms with Gasteiger partial charge in [-0.3, -0.25) is 9.88 Å². The zero-order valence-electron chi connectivity index (χ0n) is 31.0. The summed E-state index contributed by atoms with van der Waals surface area (Å²) in [6.45, 7) is 4.67. The topological polar surface area (TPSA) is 29.0 Å². The van der Waals surface area contributed by atoms with Crippen LogP contribution in [0.1, 0.15) is 58.4 Å². The first-order valence-electron chi connectivity index (χ1n) is 18.9. The molecular weight excluding hydrogens is 667 g/mol. The smallest absolute Gasteiger partial charge is 0.156 e. The first kappa shape index (κ1) is 34.0. The minimum atomic E-state index is -0.459. The summed E-state index contributed by atoms with van der Waals surface area (Å²) in [4.78, 5) is 11.2. The van der Waals surface area contributed by atoms with Gasteiger partial charge in [-0.2, -0.15) is 0 Å². The Labute approximate surface area is 324 Å². The summed E-state index contributed by atoms with van der Waals surface area (Å²) in [5, 5.41) is 0. The molecule has 1 heterocycles. The molecule has 3 nitrogen and oxygen atoms in total. The highest BCUT2D eigenvalue weighted by Gasteiger charge is 2.38. The lowest BCUT2D eigenvalue weighted by Gasteiger charge is -2.37. The molecule has 55 heavy (non-hydrogen) atoms. The number of hydrogen-bond donors (Lipinski definition) is 0. The first-order chi connectivity index (χ1) is 27.0. The molecule has 0 spiro atoms. The predicted molar refractivity (Wildman–Crippen MR) is 228 cm³/mol. The number of hydrogen-bond acceptors (Lipinski definition) is 3. The molecule has 3 heteroatoms. The lowest BCUT2D eigenvalue weighted by Crippen LogP contribution is -2.30. The molecule has 0 saturated carbocycles. The molecule has 9 rings (SSSR count). The lowest BCUT2D eigenvalue weighted by atomic mass is 9.65. The van der Waals surface area contributed by atoms with Crippen LogP contribution in [-0.2, 0) is 10.8 Å². The normalized spacial score (nSPS) is 13.0. The van der Waals surface area contributed by atoms with E-state index in [1.54, 1.807) is 12.4 Å². The van der Waals surface area contributed by atoms with Gasteiger partial charge < -0.3 is 0 Å². The fourth-order valence-electron chi connectivity index (χ4n) is 8.48. The number of para-hydroxylation sites is 1. The van der Waals surface area contributed by atoms with Crippen LogP contribution in [0, 0.1) is 0 Å². The summed E-state index contributed by atoms with van der Waals surface area (Å²) in [6, 6.07) is 65.8. The third-order valence-corrected chi connectivity index (χ3v) is 11.2. The summed E-state index contributed by atoms with van der Waals surface area (Å²) in [7, 11) is 0. The van der Waals surface area contributed by atoms with Gasteiger partial charge >= 0.3 is 0 Å². The zero-order valence-corrected chi connectivity index (χ0v) is 31.0. The van der Waals surface area contributed by atoms with Crippen molar-refractivity contribution in [2.24, 2.45) is 0 Å². The largest absolute Gasteiger partial charge is 0.294 e. The highest BCUT2D eigenvalue weighted by Crippen LogP contribution is 2.51. The molecule has 264 valence electrons. The maximum Gasteiger partial charge on any atom is 0.156 e. The fraction of sp³-hybridized carbons (Fsp3) is 0.0769. The van der Waals surface area contributed by atoms with Crippen LogP contribution in [0.15, 0.2) is 201 Å². The minimum Gasteiger partial charge on any atom is -0.294 e. The van der Waals surface area contributed by atoms with Gasteiger partial charge in [0.15, 0.2) is 5.82 Å². The van der Waals surface area contributed by atoms with Crippen molar-refractivity contribution >= 4 is 29.3 Å². The Morgan fingerprint density at radius 2 is 0.964 bits per heavy atom. The van der Waals surface area contributed by atoms with Gasteiger partial charge in [0.05, 0.1) is 11.6 Å². The standard InChI is InChI=1S/C52H41N3/c1-51(2)48-35-39(27-31-46(48)47-32-30-45(36-49(47)51)55(44-21-13-6-14-22-44)50-37-53-33-34-54-50)24-23-38-25-28-43(29-26-38)52(40-15-7-3-8-16-40,41-17-9-4-10-18-41)42-19-11-5-12-20-42/h3-37H,1-2H3. The predicted octanol–water partition coefficient (Wildman–Crippen LogP) is 12.8. The Balaban J connectivity index is 1.04. The molecule has 0 aliphatic heterocycles. The van der Waals surface area contributed by atoms with Gasteiger partial charge in [0.2, 0.25) is 0 Å². The number of anilines is 3. The van der Waals surface area contributed by atoms with Crippen LogP contribution < -0.4 is 4.90 Å². The van der Waals surface area contributed by atoms with E-state index in [-0.39, 0.29) is 5.41 Å². The number of benzene rings is 7. The molecule has 0 fully saturated rings. The van der Waals surface area contributed by atoms with Crippen LogP contribution in [0.2, 0.25) is 0 Å². The summed E-state index contributed by atoms with van der Waals surface area (Å²) in [5.41, 5.74) is 14.0. The van der Waals surface area contributed by atoms with E-state index in [1.807, 2.05) is 12.3 Å². The highest BCUT2D eigenvalue weighted by molar-refractivity contribution is 5.86. The number of fused-ring (bicyclic) bond motifs is 3. The van der Waals surface area contributed by atoms with Crippen molar-refractivity contribution in [3.63, 3.8) is 0 Å². The molecule has 1 aromatic heterocycles. The lowest BCUT2D eigenvalue weighted by molar-refractivity contribution is 0.660. The molecule has 7 aromatic carbocycles. The van der Waals surface area contributed by atoms with Crippen molar-refractivity contribution in [1.29, 1.82) is 0 Å². The number of nitrogens with zero attached hydrogens (tertiary/aromatic N) is 3. The van der Waals surface area contributed by atoms with E-state index >= 15 is 0 Å². The molecule has 0 saturated heterocycles. The van der Waals surface area contributed by atoms with Gasteiger partial charge in [0, 0.05) is 29.2 Å². The van der Waals surface area contributed by atoms with Crippen molar-refractivity contribution < 1.29 is 0 Å². The molecule has 0 amide bonds. The van der Waals surface area contributed by atoms with Gasteiger partial charge in [-0.1, -0.05) is 184 Å².